The van der Waals surface area contributed by atoms with Crippen LogP contribution in [0, 0.1) is 5.92 Å². The molecule has 7 nitrogen and oxygen atoms in total. The SMILES string of the molecule is O=C(NCC1CCCN(Cc2ccon2)C1)c1n[nH]c2ccccc12. The van der Waals surface area contributed by atoms with Gasteiger partial charge in [0, 0.05) is 31.1 Å². The van der Waals surface area contributed by atoms with E-state index in [2.05, 4.69) is 25.6 Å². The lowest BCUT2D eigenvalue weighted by molar-refractivity contribution is 0.0926. The molecule has 4 rings (SSSR count). The van der Waals surface area contributed by atoms with Gasteiger partial charge in [0.1, 0.15) is 6.26 Å². The molecule has 1 aromatic carbocycles. The average molecular weight is 339 g/mol. The second-order valence-corrected chi connectivity index (χ2v) is 6.56. The predicted molar refractivity (Wildman–Crippen MR) is 92.9 cm³/mol. The Morgan fingerprint density at radius 3 is 3.16 bits per heavy atom. The van der Waals surface area contributed by atoms with Gasteiger partial charge < -0.3 is 9.84 Å². The van der Waals surface area contributed by atoms with E-state index in [9.17, 15) is 4.79 Å². The van der Waals surface area contributed by atoms with Gasteiger partial charge in [0.25, 0.3) is 5.91 Å². The highest BCUT2D eigenvalue weighted by Gasteiger charge is 2.22. The van der Waals surface area contributed by atoms with Crippen LogP contribution < -0.4 is 5.32 Å². The molecule has 1 atom stereocenters. The Balaban J connectivity index is 1.33. The lowest BCUT2D eigenvalue weighted by atomic mass is 9.97. The summed E-state index contributed by atoms with van der Waals surface area (Å²) in [6, 6.07) is 9.56. The van der Waals surface area contributed by atoms with E-state index in [0.29, 0.717) is 18.2 Å². The summed E-state index contributed by atoms with van der Waals surface area (Å²) in [6.45, 7) is 3.47. The lowest BCUT2D eigenvalue weighted by Crippen LogP contribution is -2.40. The first-order valence-corrected chi connectivity index (χ1v) is 8.62. The zero-order valence-corrected chi connectivity index (χ0v) is 13.9. The number of H-pyrrole nitrogens is 1. The number of carbonyl (C=O) groups is 1. The molecule has 2 N–H and O–H groups in total. The number of likely N-dealkylation sites (tertiary alicyclic amines) is 1. The number of hydrogen-bond acceptors (Lipinski definition) is 5. The Morgan fingerprint density at radius 2 is 2.28 bits per heavy atom. The number of amides is 1. The molecule has 0 bridgehead atoms. The van der Waals surface area contributed by atoms with Crippen LogP contribution in [0.4, 0.5) is 0 Å². The van der Waals surface area contributed by atoms with Crippen molar-refractivity contribution in [3.05, 3.63) is 48.0 Å². The largest absolute Gasteiger partial charge is 0.364 e. The molecule has 130 valence electrons. The quantitative estimate of drug-likeness (QED) is 0.744. The molecule has 25 heavy (non-hydrogen) atoms. The summed E-state index contributed by atoms with van der Waals surface area (Å²) >= 11 is 0. The Bertz CT molecular complexity index is 842. The van der Waals surface area contributed by atoms with Crippen LogP contribution in [0.15, 0.2) is 41.1 Å². The third-order valence-electron chi connectivity index (χ3n) is 4.72. The van der Waals surface area contributed by atoms with Gasteiger partial charge in [0.15, 0.2) is 5.69 Å². The van der Waals surface area contributed by atoms with Crippen molar-refractivity contribution in [3.63, 3.8) is 0 Å². The van der Waals surface area contributed by atoms with E-state index in [4.69, 9.17) is 4.52 Å². The van der Waals surface area contributed by atoms with Crippen LogP contribution in [0.25, 0.3) is 10.9 Å². The third-order valence-corrected chi connectivity index (χ3v) is 4.72. The number of fused-ring (bicyclic) bond motifs is 1. The minimum atomic E-state index is -0.119. The van der Waals surface area contributed by atoms with E-state index >= 15 is 0 Å². The zero-order valence-electron chi connectivity index (χ0n) is 13.9. The molecule has 3 heterocycles. The fourth-order valence-electron chi connectivity index (χ4n) is 3.47. The molecule has 1 aliphatic rings. The van der Waals surface area contributed by atoms with Crippen LogP contribution in [0.5, 0.6) is 0 Å². The summed E-state index contributed by atoms with van der Waals surface area (Å²) in [5.41, 5.74) is 2.29. The van der Waals surface area contributed by atoms with Crippen molar-refractivity contribution >= 4 is 16.8 Å². The molecular formula is C18H21N5O2. The Morgan fingerprint density at radius 1 is 1.36 bits per heavy atom. The zero-order chi connectivity index (χ0) is 17.1. The molecule has 3 aromatic rings. The highest BCUT2D eigenvalue weighted by molar-refractivity contribution is 6.04. The van der Waals surface area contributed by atoms with Gasteiger partial charge >= 0.3 is 0 Å². The number of aromatic nitrogens is 3. The number of nitrogens with one attached hydrogen (secondary N) is 2. The summed E-state index contributed by atoms with van der Waals surface area (Å²) in [7, 11) is 0. The first-order chi connectivity index (χ1) is 12.3. The van der Waals surface area contributed by atoms with Crippen LogP contribution >= 0.6 is 0 Å². The minimum Gasteiger partial charge on any atom is -0.364 e. The maximum absolute atomic E-state index is 12.5. The molecule has 0 aliphatic carbocycles. The van der Waals surface area contributed by atoms with E-state index in [1.54, 1.807) is 6.26 Å². The topological polar surface area (TPSA) is 87.1 Å². The predicted octanol–water partition coefficient (Wildman–Crippen LogP) is 2.19. The molecule has 1 unspecified atom stereocenters. The van der Waals surface area contributed by atoms with Crippen molar-refractivity contribution in [2.45, 2.75) is 19.4 Å². The summed E-state index contributed by atoms with van der Waals surface area (Å²) in [6.07, 6.45) is 3.85. The minimum absolute atomic E-state index is 0.119. The van der Waals surface area contributed by atoms with Crippen molar-refractivity contribution in [2.24, 2.45) is 5.92 Å². The standard InChI is InChI=1S/C18H21N5O2/c24-18(17-15-5-1-2-6-16(15)20-21-17)19-10-13-4-3-8-23(11-13)12-14-7-9-25-22-14/h1-2,5-7,9,13H,3-4,8,10-12H2,(H,19,24)(H,20,21). The maximum atomic E-state index is 12.5. The first-order valence-electron chi connectivity index (χ1n) is 8.62. The number of carbonyl (C=O) groups excluding carboxylic acids is 1. The molecule has 0 spiro atoms. The van der Waals surface area contributed by atoms with Crippen LogP contribution in [0.1, 0.15) is 29.0 Å². The average Bonchev–Trinajstić information content (AvgIpc) is 3.29. The number of benzene rings is 1. The van der Waals surface area contributed by atoms with Gasteiger partial charge in [-0.15, -0.1) is 0 Å². The number of hydrogen-bond donors (Lipinski definition) is 2. The third kappa shape index (κ3) is 3.56. The van der Waals surface area contributed by atoms with Gasteiger partial charge in [-0.2, -0.15) is 5.10 Å². The Kier molecular flexibility index (Phi) is 4.47. The van der Waals surface area contributed by atoms with Crippen LogP contribution in [-0.4, -0.2) is 45.8 Å². The molecule has 0 radical (unpaired) electrons. The normalized spacial score (nSPS) is 18.5. The van der Waals surface area contributed by atoms with E-state index in [1.165, 1.54) is 0 Å². The van der Waals surface area contributed by atoms with E-state index in [0.717, 1.165) is 49.1 Å². The monoisotopic (exact) mass is 339 g/mol. The molecule has 0 saturated carbocycles. The number of piperidine rings is 1. The van der Waals surface area contributed by atoms with Crippen molar-refractivity contribution in [1.82, 2.24) is 25.6 Å². The van der Waals surface area contributed by atoms with Crippen LogP contribution in [0.2, 0.25) is 0 Å². The van der Waals surface area contributed by atoms with Crippen molar-refractivity contribution < 1.29 is 9.32 Å². The first kappa shape index (κ1) is 15.8. The number of para-hydroxylation sites is 1. The molecule has 2 aromatic heterocycles. The second-order valence-electron chi connectivity index (χ2n) is 6.56. The van der Waals surface area contributed by atoms with E-state index < -0.39 is 0 Å². The van der Waals surface area contributed by atoms with Gasteiger partial charge in [-0.05, 0) is 31.4 Å². The summed E-state index contributed by atoms with van der Waals surface area (Å²) in [5, 5.41) is 14.9. The van der Waals surface area contributed by atoms with E-state index in [1.807, 2.05) is 30.3 Å². The fourth-order valence-corrected chi connectivity index (χ4v) is 3.47. The number of nitrogens with zero attached hydrogens (tertiary/aromatic N) is 3. The molecule has 1 aliphatic heterocycles. The molecule has 1 saturated heterocycles. The Hall–Kier alpha value is -2.67. The maximum Gasteiger partial charge on any atom is 0.272 e. The fraction of sp³-hybridized carbons (Fsp3) is 0.389. The van der Waals surface area contributed by atoms with Gasteiger partial charge in [-0.1, -0.05) is 23.4 Å². The molecule has 1 fully saturated rings. The summed E-state index contributed by atoms with van der Waals surface area (Å²) in [4.78, 5) is 14.8. The van der Waals surface area contributed by atoms with E-state index in [-0.39, 0.29) is 5.91 Å². The smallest absolute Gasteiger partial charge is 0.272 e. The van der Waals surface area contributed by atoms with Gasteiger partial charge in [-0.25, -0.2) is 0 Å². The number of rotatable bonds is 5. The van der Waals surface area contributed by atoms with Crippen LogP contribution in [-0.2, 0) is 6.54 Å². The number of aromatic amines is 1. The Labute approximate surface area is 145 Å². The highest BCUT2D eigenvalue weighted by Crippen LogP contribution is 2.18. The van der Waals surface area contributed by atoms with Crippen LogP contribution in [0.3, 0.4) is 0 Å². The van der Waals surface area contributed by atoms with Gasteiger partial charge in [-0.3, -0.25) is 14.8 Å². The van der Waals surface area contributed by atoms with Gasteiger partial charge in [0.05, 0.1) is 11.2 Å². The molecule has 7 heteroatoms. The summed E-state index contributed by atoms with van der Waals surface area (Å²) < 4.78 is 4.89. The van der Waals surface area contributed by atoms with Gasteiger partial charge in [0.2, 0.25) is 0 Å². The highest BCUT2D eigenvalue weighted by atomic mass is 16.5. The lowest BCUT2D eigenvalue weighted by Gasteiger charge is -2.32. The van der Waals surface area contributed by atoms with Crippen molar-refractivity contribution in [3.8, 4) is 0 Å². The second kappa shape index (κ2) is 7.06. The van der Waals surface area contributed by atoms with Crippen molar-refractivity contribution in [2.75, 3.05) is 19.6 Å². The molecular weight excluding hydrogens is 318 g/mol. The van der Waals surface area contributed by atoms with Crippen molar-refractivity contribution in [1.29, 1.82) is 0 Å². The molecule has 1 amide bonds. The summed E-state index contributed by atoms with van der Waals surface area (Å²) in [5.74, 6) is 0.320.